The molecule has 0 aliphatic carbocycles. The maximum absolute atomic E-state index is 11.5. The van der Waals surface area contributed by atoms with Crippen molar-refractivity contribution in [1.82, 2.24) is 0 Å². The first-order valence-corrected chi connectivity index (χ1v) is 4.71. The van der Waals surface area contributed by atoms with Crippen LogP contribution in [0, 0.1) is 0 Å². The molecule has 1 heterocycles. The van der Waals surface area contributed by atoms with Crippen LogP contribution in [0.15, 0.2) is 18.2 Å². The van der Waals surface area contributed by atoms with Gasteiger partial charge >= 0.3 is 5.97 Å². The molecule has 0 radical (unpaired) electrons. The standard InChI is InChI=1S/C11H12O4/c1-6-9-7(11(13)14-2)4-3-5-8(9)15-10(6)12/h3-6,10,12H,1-2H3. The van der Waals surface area contributed by atoms with E-state index in [9.17, 15) is 9.90 Å². The van der Waals surface area contributed by atoms with Crippen molar-refractivity contribution in [3.63, 3.8) is 0 Å². The molecular weight excluding hydrogens is 196 g/mol. The van der Waals surface area contributed by atoms with E-state index in [0.29, 0.717) is 11.3 Å². The van der Waals surface area contributed by atoms with Crippen LogP contribution in [-0.4, -0.2) is 24.5 Å². The number of ether oxygens (including phenoxy) is 2. The minimum absolute atomic E-state index is 0.213. The molecule has 0 fully saturated rings. The van der Waals surface area contributed by atoms with Gasteiger partial charge in [-0.25, -0.2) is 4.79 Å². The Morgan fingerprint density at radius 3 is 2.93 bits per heavy atom. The largest absolute Gasteiger partial charge is 0.465 e. The Morgan fingerprint density at radius 1 is 1.53 bits per heavy atom. The quantitative estimate of drug-likeness (QED) is 0.706. The highest BCUT2D eigenvalue weighted by atomic mass is 16.6. The van der Waals surface area contributed by atoms with Crippen LogP contribution in [0.2, 0.25) is 0 Å². The lowest BCUT2D eigenvalue weighted by Crippen LogP contribution is -2.15. The van der Waals surface area contributed by atoms with Gasteiger partial charge in [-0.1, -0.05) is 13.0 Å². The molecule has 80 valence electrons. The molecule has 15 heavy (non-hydrogen) atoms. The number of hydrogen-bond acceptors (Lipinski definition) is 4. The molecule has 1 aliphatic heterocycles. The zero-order valence-electron chi connectivity index (χ0n) is 8.56. The van der Waals surface area contributed by atoms with E-state index >= 15 is 0 Å². The van der Waals surface area contributed by atoms with E-state index in [1.165, 1.54) is 7.11 Å². The molecule has 0 spiro atoms. The van der Waals surface area contributed by atoms with Gasteiger partial charge in [0, 0.05) is 11.5 Å². The lowest BCUT2D eigenvalue weighted by atomic mass is 9.96. The molecule has 0 aromatic heterocycles. The van der Waals surface area contributed by atoms with Crippen LogP contribution < -0.4 is 4.74 Å². The van der Waals surface area contributed by atoms with Crippen molar-refractivity contribution in [3.05, 3.63) is 29.3 Å². The highest BCUT2D eigenvalue weighted by Gasteiger charge is 2.33. The first-order valence-electron chi connectivity index (χ1n) is 4.71. The average Bonchev–Trinajstić information content (AvgIpc) is 2.54. The second-order valence-electron chi connectivity index (χ2n) is 3.51. The van der Waals surface area contributed by atoms with E-state index in [-0.39, 0.29) is 5.92 Å². The molecule has 2 unspecified atom stereocenters. The zero-order valence-corrected chi connectivity index (χ0v) is 8.56. The number of rotatable bonds is 1. The fourth-order valence-electron chi connectivity index (χ4n) is 1.78. The number of aliphatic hydroxyl groups is 1. The van der Waals surface area contributed by atoms with E-state index in [1.54, 1.807) is 18.2 Å². The molecular formula is C11H12O4. The maximum atomic E-state index is 11.5. The van der Waals surface area contributed by atoms with E-state index in [0.717, 1.165) is 5.56 Å². The van der Waals surface area contributed by atoms with Crippen LogP contribution in [0.4, 0.5) is 0 Å². The molecule has 0 amide bonds. The molecule has 2 atom stereocenters. The van der Waals surface area contributed by atoms with Crippen LogP contribution in [-0.2, 0) is 4.74 Å². The molecule has 1 aromatic carbocycles. The monoisotopic (exact) mass is 208 g/mol. The van der Waals surface area contributed by atoms with Gasteiger partial charge in [0.2, 0.25) is 6.29 Å². The molecule has 0 saturated heterocycles. The second-order valence-corrected chi connectivity index (χ2v) is 3.51. The van der Waals surface area contributed by atoms with Gasteiger partial charge in [-0.15, -0.1) is 0 Å². The second kappa shape index (κ2) is 3.55. The van der Waals surface area contributed by atoms with Crippen molar-refractivity contribution in [2.75, 3.05) is 7.11 Å². The van der Waals surface area contributed by atoms with Gasteiger partial charge in [0.05, 0.1) is 12.7 Å². The number of hydrogen-bond donors (Lipinski definition) is 1. The van der Waals surface area contributed by atoms with Crippen molar-refractivity contribution >= 4 is 5.97 Å². The summed E-state index contributed by atoms with van der Waals surface area (Å²) in [5.74, 6) is -0.0652. The summed E-state index contributed by atoms with van der Waals surface area (Å²) in [5, 5.41) is 9.52. The normalized spacial score (nSPS) is 23.1. The minimum Gasteiger partial charge on any atom is -0.465 e. The van der Waals surface area contributed by atoms with E-state index in [4.69, 9.17) is 4.74 Å². The molecule has 0 saturated carbocycles. The first-order chi connectivity index (χ1) is 7.15. The lowest BCUT2D eigenvalue weighted by molar-refractivity contribution is -0.0142. The Bertz CT molecular complexity index is 400. The third kappa shape index (κ3) is 1.47. The Kier molecular flexibility index (Phi) is 2.36. The molecule has 1 aromatic rings. The van der Waals surface area contributed by atoms with Crippen LogP contribution >= 0.6 is 0 Å². The summed E-state index contributed by atoms with van der Waals surface area (Å²) in [6.07, 6.45) is -0.884. The van der Waals surface area contributed by atoms with Gasteiger partial charge in [-0.2, -0.15) is 0 Å². The Hall–Kier alpha value is -1.55. The number of methoxy groups -OCH3 is 1. The maximum Gasteiger partial charge on any atom is 0.338 e. The van der Waals surface area contributed by atoms with E-state index < -0.39 is 12.3 Å². The summed E-state index contributed by atoms with van der Waals surface area (Å²) in [7, 11) is 1.33. The third-order valence-electron chi connectivity index (χ3n) is 2.60. The first kappa shape index (κ1) is 9.98. The number of fused-ring (bicyclic) bond motifs is 1. The summed E-state index contributed by atoms with van der Waals surface area (Å²) in [4.78, 5) is 11.5. The molecule has 4 heteroatoms. The van der Waals surface area contributed by atoms with Crippen molar-refractivity contribution < 1.29 is 19.4 Å². The van der Waals surface area contributed by atoms with E-state index in [2.05, 4.69) is 4.74 Å². The Labute approximate surface area is 87.4 Å². The van der Waals surface area contributed by atoms with Crippen molar-refractivity contribution in [2.45, 2.75) is 19.1 Å². The molecule has 4 nitrogen and oxygen atoms in total. The van der Waals surface area contributed by atoms with Gasteiger partial charge < -0.3 is 14.6 Å². The predicted octanol–water partition coefficient (Wildman–Crippen LogP) is 1.29. The van der Waals surface area contributed by atoms with Crippen LogP contribution in [0.1, 0.15) is 28.8 Å². The Balaban J connectivity index is 2.52. The highest BCUT2D eigenvalue weighted by Crippen LogP contribution is 2.39. The van der Waals surface area contributed by atoms with Gasteiger partial charge in [0.15, 0.2) is 0 Å². The highest BCUT2D eigenvalue weighted by molar-refractivity contribution is 5.92. The van der Waals surface area contributed by atoms with Gasteiger partial charge in [-0.3, -0.25) is 0 Å². The summed E-state index contributed by atoms with van der Waals surface area (Å²) in [6, 6.07) is 5.10. The van der Waals surface area contributed by atoms with Gasteiger partial charge in [-0.05, 0) is 12.1 Å². The average molecular weight is 208 g/mol. The topological polar surface area (TPSA) is 55.8 Å². The number of carbonyl (C=O) groups excluding carboxylic acids is 1. The Morgan fingerprint density at radius 2 is 2.27 bits per heavy atom. The van der Waals surface area contributed by atoms with Gasteiger partial charge in [0.25, 0.3) is 0 Å². The number of carbonyl (C=O) groups is 1. The van der Waals surface area contributed by atoms with Crippen LogP contribution in [0.5, 0.6) is 5.75 Å². The number of esters is 1. The summed E-state index contributed by atoms with van der Waals surface area (Å²) in [5.41, 5.74) is 1.18. The van der Waals surface area contributed by atoms with E-state index in [1.807, 2.05) is 6.92 Å². The van der Waals surface area contributed by atoms with Crippen molar-refractivity contribution in [1.29, 1.82) is 0 Å². The summed E-state index contributed by atoms with van der Waals surface area (Å²) >= 11 is 0. The SMILES string of the molecule is COC(=O)c1cccc2c1C(C)C(O)O2. The van der Waals surface area contributed by atoms with Crippen LogP contribution in [0.25, 0.3) is 0 Å². The zero-order chi connectivity index (χ0) is 11.0. The predicted molar refractivity (Wildman–Crippen MR) is 52.8 cm³/mol. The van der Waals surface area contributed by atoms with Crippen LogP contribution in [0.3, 0.4) is 0 Å². The smallest absolute Gasteiger partial charge is 0.338 e. The molecule has 1 N–H and O–H groups in total. The lowest BCUT2D eigenvalue weighted by Gasteiger charge is -2.08. The third-order valence-corrected chi connectivity index (χ3v) is 2.60. The number of aliphatic hydroxyl groups excluding tert-OH is 1. The minimum atomic E-state index is -0.884. The summed E-state index contributed by atoms with van der Waals surface area (Å²) in [6.45, 7) is 1.81. The van der Waals surface area contributed by atoms with Crippen molar-refractivity contribution in [3.8, 4) is 5.75 Å². The fraction of sp³-hybridized carbons (Fsp3) is 0.364. The fourth-order valence-corrected chi connectivity index (χ4v) is 1.78. The van der Waals surface area contributed by atoms with Crippen molar-refractivity contribution in [2.24, 2.45) is 0 Å². The number of benzene rings is 1. The summed E-state index contributed by atoms with van der Waals surface area (Å²) < 4.78 is 9.87. The molecule has 1 aliphatic rings. The van der Waals surface area contributed by atoms with Gasteiger partial charge in [0.1, 0.15) is 5.75 Å². The molecule has 2 rings (SSSR count). The molecule has 0 bridgehead atoms.